The molecule has 0 radical (unpaired) electrons. The van der Waals surface area contributed by atoms with Crippen LogP contribution in [0.1, 0.15) is 12.5 Å². The molecule has 4 rings (SSSR count). The quantitative estimate of drug-likeness (QED) is 0.478. The van der Waals surface area contributed by atoms with Gasteiger partial charge in [0.05, 0.1) is 5.39 Å². The van der Waals surface area contributed by atoms with Crippen LogP contribution in [0.4, 0.5) is 0 Å². The number of rotatable bonds is 3. The van der Waals surface area contributed by atoms with Crippen LogP contribution in [-0.2, 0) is 0 Å². The molecule has 3 heterocycles. The number of halogens is 1. The Morgan fingerprint density at radius 3 is 2.88 bits per heavy atom. The molecule has 0 aliphatic heterocycles. The summed E-state index contributed by atoms with van der Waals surface area (Å²) in [6.45, 7) is 4.01. The van der Waals surface area contributed by atoms with Crippen molar-refractivity contribution in [1.82, 2.24) is 24.4 Å². The zero-order valence-electron chi connectivity index (χ0n) is 13.6. The summed E-state index contributed by atoms with van der Waals surface area (Å²) in [5, 5.41) is 9.72. The Balaban J connectivity index is 2.04. The first-order chi connectivity index (χ1) is 12.1. The number of aryl methyl sites for hydroxylation is 1. The first-order valence-corrected chi connectivity index (χ1v) is 9.53. The monoisotopic (exact) mass is 415 g/mol. The minimum atomic E-state index is -0.214. The molecule has 0 aliphatic carbocycles. The summed E-state index contributed by atoms with van der Waals surface area (Å²) in [6, 6.07) is 9.39. The fraction of sp³-hybridized carbons (Fsp3) is 0.176. The first-order valence-electron chi connectivity index (χ1n) is 7.75. The summed E-state index contributed by atoms with van der Waals surface area (Å²) in [7, 11) is 0. The maximum Gasteiger partial charge on any atom is 0.283 e. The van der Waals surface area contributed by atoms with Gasteiger partial charge in [0.25, 0.3) is 5.56 Å². The topological polar surface area (TPSA) is 65.1 Å². The smallest absolute Gasteiger partial charge is 0.283 e. The van der Waals surface area contributed by atoms with Crippen molar-refractivity contribution < 1.29 is 0 Å². The van der Waals surface area contributed by atoms with Crippen LogP contribution in [0.3, 0.4) is 0 Å². The lowest BCUT2D eigenvalue weighted by molar-refractivity contribution is 0.710. The van der Waals surface area contributed by atoms with Crippen molar-refractivity contribution in [3.63, 3.8) is 0 Å². The van der Waals surface area contributed by atoms with E-state index in [0.29, 0.717) is 16.7 Å². The van der Waals surface area contributed by atoms with Gasteiger partial charge in [0, 0.05) is 10.7 Å². The normalized spacial score (nSPS) is 11.5. The minimum Gasteiger partial charge on any atom is -0.292 e. The molecule has 8 heteroatoms. The highest BCUT2D eigenvalue weighted by atomic mass is 79.9. The predicted octanol–water partition coefficient (Wildman–Crippen LogP) is 3.61. The molecular weight excluding hydrogens is 402 g/mol. The molecule has 0 aliphatic rings. The van der Waals surface area contributed by atoms with Gasteiger partial charge in [0.15, 0.2) is 5.82 Å². The van der Waals surface area contributed by atoms with Crippen molar-refractivity contribution in [2.45, 2.75) is 18.9 Å². The Hall–Kier alpha value is -2.19. The lowest BCUT2D eigenvalue weighted by Crippen LogP contribution is -2.23. The van der Waals surface area contributed by atoms with Gasteiger partial charge >= 0.3 is 0 Å². The van der Waals surface area contributed by atoms with E-state index >= 15 is 0 Å². The summed E-state index contributed by atoms with van der Waals surface area (Å²) in [6.07, 6.45) is 1.94. The fourth-order valence-corrected chi connectivity index (χ4v) is 3.85. The molecule has 1 aromatic carbocycles. The third kappa shape index (κ3) is 2.75. The summed E-state index contributed by atoms with van der Waals surface area (Å²) in [4.78, 5) is 17.6. The molecule has 0 spiro atoms. The molecule has 0 atom stereocenters. The van der Waals surface area contributed by atoms with Crippen LogP contribution >= 0.6 is 27.7 Å². The molecule has 0 N–H and O–H groups in total. The van der Waals surface area contributed by atoms with E-state index in [4.69, 9.17) is 0 Å². The maximum atomic E-state index is 13.0. The molecule has 0 bridgehead atoms. The van der Waals surface area contributed by atoms with Crippen molar-refractivity contribution in [2.24, 2.45) is 0 Å². The number of hydrogen-bond donors (Lipinski definition) is 0. The molecule has 25 heavy (non-hydrogen) atoms. The largest absolute Gasteiger partial charge is 0.292 e. The second-order valence-electron chi connectivity index (χ2n) is 5.58. The number of benzene rings is 1. The van der Waals surface area contributed by atoms with E-state index in [9.17, 15) is 4.79 Å². The van der Waals surface area contributed by atoms with Gasteiger partial charge in [-0.25, -0.2) is 4.98 Å². The average Bonchev–Trinajstić information content (AvgIpc) is 2.94. The van der Waals surface area contributed by atoms with Gasteiger partial charge in [-0.2, -0.15) is 4.68 Å². The van der Waals surface area contributed by atoms with Crippen molar-refractivity contribution in [3.05, 3.63) is 56.9 Å². The number of hydrogen-bond acceptors (Lipinski definition) is 5. The third-order valence-corrected chi connectivity index (χ3v) is 5.23. The minimum absolute atomic E-state index is 0.214. The number of pyridine rings is 1. The van der Waals surface area contributed by atoms with Crippen LogP contribution < -0.4 is 5.56 Å². The van der Waals surface area contributed by atoms with E-state index in [1.165, 1.54) is 4.68 Å². The molecule has 126 valence electrons. The van der Waals surface area contributed by atoms with Crippen LogP contribution in [0.15, 0.2) is 50.8 Å². The molecular formula is C17H14BrN5OS. The molecule has 0 fully saturated rings. The second-order valence-corrected chi connectivity index (χ2v) is 7.74. The van der Waals surface area contributed by atoms with Crippen molar-refractivity contribution in [3.8, 4) is 5.82 Å². The van der Waals surface area contributed by atoms with Gasteiger partial charge in [-0.15, -0.1) is 16.9 Å². The predicted molar refractivity (Wildman–Crippen MR) is 103 cm³/mol. The Labute approximate surface area is 156 Å². The van der Waals surface area contributed by atoms with Crippen LogP contribution in [0.2, 0.25) is 0 Å². The van der Waals surface area contributed by atoms with E-state index in [1.807, 2.05) is 47.9 Å². The van der Waals surface area contributed by atoms with E-state index in [2.05, 4.69) is 38.1 Å². The summed E-state index contributed by atoms with van der Waals surface area (Å²) in [5.74, 6) is 1.35. The van der Waals surface area contributed by atoms with E-state index in [1.54, 1.807) is 11.8 Å². The van der Waals surface area contributed by atoms with Crippen molar-refractivity contribution in [1.29, 1.82) is 0 Å². The first kappa shape index (κ1) is 16.3. The number of nitrogens with zero attached hydrogens (tertiary/aromatic N) is 5. The van der Waals surface area contributed by atoms with Crippen molar-refractivity contribution >= 4 is 44.2 Å². The summed E-state index contributed by atoms with van der Waals surface area (Å²) < 4.78 is 4.19. The van der Waals surface area contributed by atoms with Crippen molar-refractivity contribution in [2.75, 3.05) is 5.75 Å². The van der Waals surface area contributed by atoms with E-state index in [0.717, 1.165) is 26.5 Å². The second kappa shape index (κ2) is 6.27. The summed E-state index contributed by atoms with van der Waals surface area (Å²) in [5.41, 5.74) is 2.13. The zero-order valence-corrected chi connectivity index (χ0v) is 16.0. The molecule has 0 saturated heterocycles. The molecule has 0 amide bonds. The van der Waals surface area contributed by atoms with Crippen LogP contribution in [0.25, 0.3) is 22.4 Å². The van der Waals surface area contributed by atoms with Crippen LogP contribution in [-0.4, -0.2) is 30.1 Å². The lowest BCUT2D eigenvalue weighted by atomic mass is 10.2. The standard InChI is InChI=1S/C17H14BrN5OS/c1-3-25-17-15(19-14-7-5-11(18)9-22(14)17)23-16(24)12-8-10(2)4-6-13(12)20-21-23/h4-9H,3H2,1-2H3. The number of aromatic nitrogens is 5. The lowest BCUT2D eigenvalue weighted by Gasteiger charge is -2.05. The molecule has 6 nitrogen and oxygen atoms in total. The Morgan fingerprint density at radius 1 is 1.24 bits per heavy atom. The number of imidazole rings is 1. The Morgan fingerprint density at radius 2 is 2.08 bits per heavy atom. The highest BCUT2D eigenvalue weighted by Crippen LogP contribution is 2.27. The van der Waals surface area contributed by atoms with E-state index < -0.39 is 0 Å². The Bertz CT molecular complexity index is 1170. The fourth-order valence-electron chi connectivity index (χ4n) is 2.69. The SMILES string of the molecule is CCSc1c(-n2nnc3ccc(C)cc3c2=O)nc2ccc(Br)cn12. The Kier molecular flexibility index (Phi) is 4.09. The molecule has 4 aromatic rings. The highest BCUT2D eigenvalue weighted by Gasteiger charge is 2.18. The molecule has 0 saturated carbocycles. The van der Waals surface area contributed by atoms with Gasteiger partial charge in [-0.05, 0) is 52.9 Å². The zero-order chi connectivity index (χ0) is 17.6. The van der Waals surface area contributed by atoms with Gasteiger partial charge < -0.3 is 0 Å². The molecule has 3 aromatic heterocycles. The highest BCUT2D eigenvalue weighted by molar-refractivity contribution is 9.10. The van der Waals surface area contributed by atoms with Gasteiger partial charge in [0.1, 0.15) is 16.2 Å². The maximum absolute atomic E-state index is 13.0. The molecule has 0 unspecified atom stereocenters. The van der Waals surface area contributed by atoms with Gasteiger partial charge in [0.2, 0.25) is 0 Å². The van der Waals surface area contributed by atoms with E-state index in [-0.39, 0.29) is 5.56 Å². The third-order valence-electron chi connectivity index (χ3n) is 3.82. The summed E-state index contributed by atoms with van der Waals surface area (Å²) >= 11 is 5.09. The van der Waals surface area contributed by atoms with Gasteiger partial charge in [-0.3, -0.25) is 9.20 Å². The van der Waals surface area contributed by atoms with Gasteiger partial charge in [-0.1, -0.05) is 23.8 Å². The van der Waals surface area contributed by atoms with Crippen LogP contribution in [0.5, 0.6) is 0 Å². The number of fused-ring (bicyclic) bond motifs is 2. The number of thioether (sulfide) groups is 1. The average molecular weight is 416 g/mol. The van der Waals surface area contributed by atoms with Crippen LogP contribution in [0, 0.1) is 6.92 Å².